The van der Waals surface area contributed by atoms with E-state index in [1.54, 1.807) is 19.2 Å². The van der Waals surface area contributed by atoms with Crippen molar-refractivity contribution in [3.05, 3.63) is 65.2 Å². The van der Waals surface area contributed by atoms with Crippen LogP contribution in [0.15, 0.2) is 47.6 Å². The van der Waals surface area contributed by atoms with Crippen LogP contribution in [0.5, 0.6) is 0 Å². The topological polar surface area (TPSA) is 49.3 Å². The van der Waals surface area contributed by atoms with Gasteiger partial charge in [0.1, 0.15) is 5.82 Å². The molecule has 0 spiro atoms. The number of nitrogens with zero attached hydrogens (tertiary/aromatic N) is 2. The van der Waals surface area contributed by atoms with Gasteiger partial charge in [-0.1, -0.05) is 18.2 Å². The summed E-state index contributed by atoms with van der Waals surface area (Å²) in [6, 6.07) is 10.5. The van der Waals surface area contributed by atoms with Crippen molar-refractivity contribution in [3.63, 3.8) is 0 Å². The number of benzene rings is 1. The average molecular weight is 300 g/mol. The van der Waals surface area contributed by atoms with Crippen LogP contribution in [-0.2, 0) is 13.0 Å². The Morgan fingerprint density at radius 2 is 1.82 bits per heavy atom. The Morgan fingerprint density at radius 1 is 1.09 bits per heavy atom. The summed E-state index contributed by atoms with van der Waals surface area (Å²) in [6.07, 6.45) is 2.77. The van der Waals surface area contributed by atoms with Gasteiger partial charge in [0.25, 0.3) is 0 Å². The third-order valence-electron chi connectivity index (χ3n) is 3.28. The van der Waals surface area contributed by atoms with Crippen LogP contribution < -0.4 is 10.6 Å². The van der Waals surface area contributed by atoms with Crippen molar-refractivity contribution < 1.29 is 4.39 Å². The summed E-state index contributed by atoms with van der Waals surface area (Å²) in [5, 5.41) is 6.45. The molecule has 2 rings (SSSR count). The van der Waals surface area contributed by atoms with Crippen molar-refractivity contribution in [2.24, 2.45) is 4.99 Å². The summed E-state index contributed by atoms with van der Waals surface area (Å²) >= 11 is 0. The fourth-order valence-electron chi connectivity index (χ4n) is 1.98. The van der Waals surface area contributed by atoms with E-state index in [1.165, 1.54) is 17.7 Å². The first-order valence-corrected chi connectivity index (χ1v) is 7.28. The SMILES string of the molecule is CN=C(NCCc1ccc(C)nc1)NCc1ccc(F)cc1. The van der Waals surface area contributed by atoms with Crippen molar-refractivity contribution >= 4 is 5.96 Å². The summed E-state index contributed by atoms with van der Waals surface area (Å²) in [5.41, 5.74) is 3.22. The molecule has 2 aromatic rings. The molecular formula is C17H21FN4. The Morgan fingerprint density at radius 3 is 2.45 bits per heavy atom. The largest absolute Gasteiger partial charge is 0.356 e. The fourth-order valence-corrected chi connectivity index (χ4v) is 1.98. The van der Waals surface area contributed by atoms with Crippen LogP contribution in [0.2, 0.25) is 0 Å². The first-order valence-electron chi connectivity index (χ1n) is 7.28. The maximum absolute atomic E-state index is 12.8. The summed E-state index contributed by atoms with van der Waals surface area (Å²) in [5.74, 6) is 0.502. The fraction of sp³-hybridized carbons (Fsp3) is 0.294. The first-order chi connectivity index (χ1) is 10.7. The van der Waals surface area contributed by atoms with Gasteiger partial charge in [-0.25, -0.2) is 4.39 Å². The maximum atomic E-state index is 12.8. The molecule has 5 heteroatoms. The molecular weight excluding hydrogens is 279 g/mol. The monoisotopic (exact) mass is 300 g/mol. The lowest BCUT2D eigenvalue weighted by Crippen LogP contribution is -2.37. The number of nitrogens with one attached hydrogen (secondary N) is 2. The van der Waals surface area contributed by atoms with Gasteiger partial charge < -0.3 is 10.6 Å². The van der Waals surface area contributed by atoms with Gasteiger partial charge in [-0.2, -0.15) is 0 Å². The van der Waals surface area contributed by atoms with E-state index in [1.807, 2.05) is 19.2 Å². The van der Waals surface area contributed by atoms with Gasteiger partial charge in [-0.05, 0) is 42.7 Å². The van der Waals surface area contributed by atoms with Gasteiger partial charge in [0, 0.05) is 32.0 Å². The number of aryl methyl sites for hydroxylation is 1. The number of aliphatic imine (C=N–C) groups is 1. The van der Waals surface area contributed by atoms with Crippen molar-refractivity contribution in [3.8, 4) is 0 Å². The molecule has 0 aliphatic rings. The maximum Gasteiger partial charge on any atom is 0.191 e. The van der Waals surface area contributed by atoms with E-state index in [9.17, 15) is 4.39 Å². The molecule has 0 amide bonds. The van der Waals surface area contributed by atoms with Gasteiger partial charge >= 0.3 is 0 Å². The van der Waals surface area contributed by atoms with E-state index >= 15 is 0 Å². The van der Waals surface area contributed by atoms with E-state index in [-0.39, 0.29) is 5.82 Å². The number of rotatable bonds is 5. The number of pyridine rings is 1. The molecule has 0 radical (unpaired) electrons. The molecule has 1 aromatic carbocycles. The number of aromatic nitrogens is 1. The highest BCUT2D eigenvalue weighted by Crippen LogP contribution is 2.02. The van der Waals surface area contributed by atoms with E-state index in [0.29, 0.717) is 6.54 Å². The standard InChI is InChI=1S/C17H21FN4/c1-13-3-4-15(11-21-13)9-10-20-17(19-2)22-12-14-5-7-16(18)8-6-14/h3-8,11H,9-10,12H2,1-2H3,(H2,19,20,22). The highest BCUT2D eigenvalue weighted by Gasteiger charge is 1.99. The van der Waals surface area contributed by atoms with Crippen molar-refractivity contribution in [2.45, 2.75) is 19.9 Å². The van der Waals surface area contributed by atoms with Crippen molar-refractivity contribution in [1.29, 1.82) is 0 Å². The summed E-state index contributed by atoms with van der Waals surface area (Å²) in [7, 11) is 1.73. The number of hydrogen-bond donors (Lipinski definition) is 2. The van der Waals surface area contributed by atoms with Crippen molar-refractivity contribution in [2.75, 3.05) is 13.6 Å². The molecule has 0 bridgehead atoms. The quantitative estimate of drug-likeness (QED) is 0.658. The smallest absolute Gasteiger partial charge is 0.191 e. The van der Waals surface area contributed by atoms with Crippen LogP contribution in [0, 0.1) is 12.7 Å². The molecule has 0 saturated carbocycles. The van der Waals surface area contributed by atoms with Gasteiger partial charge in [0.2, 0.25) is 0 Å². The first kappa shape index (κ1) is 15.9. The molecule has 0 fully saturated rings. The van der Waals surface area contributed by atoms with Gasteiger partial charge in [-0.3, -0.25) is 9.98 Å². The predicted molar refractivity (Wildman–Crippen MR) is 87.3 cm³/mol. The second-order valence-corrected chi connectivity index (χ2v) is 5.04. The number of guanidine groups is 1. The Hall–Kier alpha value is -2.43. The van der Waals surface area contributed by atoms with Crippen LogP contribution >= 0.6 is 0 Å². The lowest BCUT2D eigenvalue weighted by Gasteiger charge is -2.12. The second kappa shape index (κ2) is 8.12. The van der Waals surface area contributed by atoms with Crippen LogP contribution in [0.4, 0.5) is 4.39 Å². The lowest BCUT2D eigenvalue weighted by atomic mass is 10.2. The normalized spacial score (nSPS) is 11.3. The molecule has 1 aromatic heterocycles. The Balaban J connectivity index is 1.75. The molecule has 4 nitrogen and oxygen atoms in total. The van der Waals surface area contributed by atoms with Crippen LogP contribution in [0.1, 0.15) is 16.8 Å². The zero-order valence-electron chi connectivity index (χ0n) is 12.9. The van der Waals surface area contributed by atoms with Crippen LogP contribution in [0.25, 0.3) is 0 Å². The van der Waals surface area contributed by atoms with E-state index in [2.05, 4.69) is 26.7 Å². The predicted octanol–water partition coefficient (Wildman–Crippen LogP) is 2.44. The molecule has 0 aliphatic carbocycles. The molecule has 0 unspecified atom stereocenters. The minimum Gasteiger partial charge on any atom is -0.356 e. The van der Waals surface area contributed by atoms with E-state index < -0.39 is 0 Å². The van der Waals surface area contributed by atoms with Crippen LogP contribution in [-0.4, -0.2) is 24.5 Å². The third-order valence-corrected chi connectivity index (χ3v) is 3.28. The number of hydrogen-bond acceptors (Lipinski definition) is 2. The van der Waals surface area contributed by atoms with Crippen molar-refractivity contribution in [1.82, 2.24) is 15.6 Å². The second-order valence-electron chi connectivity index (χ2n) is 5.04. The van der Waals surface area contributed by atoms with Gasteiger partial charge in [0.15, 0.2) is 5.96 Å². The van der Waals surface area contributed by atoms with Gasteiger partial charge in [0.05, 0.1) is 0 Å². The Labute approximate surface area is 130 Å². The third kappa shape index (κ3) is 5.16. The molecule has 0 atom stereocenters. The Kier molecular flexibility index (Phi) is 5.89. The molecule has 1 heterocycles. The molecule has 0 aliphatic heterocycles. The Bertz CT molecular complexity index is 606. The molecule has 2 N–H and O–H groups in total. The number of halogens is 1. The summed E-state index contributed by atoms with van der Waals surface area (Å²) < 4.78 is 12.8. The zero-order chi connectivity index (χ0) is 15.8. The molecule has 0 saturated heterocycles. The van der Waals surface area contributed by atoms with Crippen LogP contribution in [0.3, 0.4) is 0 Å². The van der Waals surface area contributed by atoms with Gasteiger partial charge in [-0.15, -0.1) is 0 Å². The highest BCUT2D eigenvalue weighted by atomic mass is 19.1. The minimum absolute atomic E-state index is 0.224. The van der Waals surface area contributed by atoms with E-state index in [0.717, 1.165) is 30.2 Å². The zero-order valence-corrected chi connectivity index (χ0v) is 12.9. The highest BCUT2D eigenvalue weighted by molar-refractivity contribution is 5.79. The summed E-state index contributed by atoms with van der Waals surface area (Å²) in [4.78, 5) is 8.45. The lowest BCUT2D eigenvalue weighted by molar-refractivity contribution is 0.626. The average Bonchev–Trinajstić information content (AvgIpc) is 2.54. The van der Waals surface area contributed by atoms with E-state index in [4.69, 9.17) is 0 Å². The molecule has 22 heavy (non-hydrogen) atoms. The summed E-state index contributed by atoms with van der Waals surface area (Å²) in [6.45, 7) is 3.35. The minimum atomic E-state index is -0.224. The molecule has 116 valence electrons.